The van der Waals surface area contributed by atoms with Crippen molar-refractivity contribution < 1.29 is 9.90 Å². The molecule has 0 bridgehead atoms. The number of carbonyl (C=O) groups is 1. The van der Waals surface area contributed by atoms with E-state index in [1.54, 1.807) is 22.8 Å². The molecule has 0 atom stereocenters. The van der Waals surface area contributed by atoms with Crippen LogP contribution in [0.25, 0.3) is 5.69 Å². The summed E-state index contributed by atoms with van der Waals surface area (Å²) < 4.78 is 1.58. The highest BCUT2D eigenvalue weighted by Gasteiger charge is 2.28. The average molecular weight is 380 g/mol. The molecule has 1 N–H and O–H groups in total. The fourth-order valence-corrected chi connectivity index (χ4v) is 3.90. The van der Waals surface area contributed by atoms with E-state index in [0.717, 1.165) is 18.5 Å². The number of para-hydroxylation sites is 1. The molecule has 0 saturated heterocycles. The van der Waals surface area contributed by atoms with Gasteiger partial charge in [-0.25, -0.2) is 0 Å². The molecular weight excluding hydrogens is 362 g/mol. The second kappa shape index (κ2) is 7.05. The Hall–Kier alpha value is -2.85. The summed E-state index contributed by atoms with van der Waals surface area (Å²) in [4.78, 5) is 26.4. The van der Waals surface area contributed by atoms with Crippen molar-refractivity contribution in [1.82, 2.24) is 4.57 Å². The fraction of sp³-hybridized carbons (Fsp3) is 0.182. The Labute approximate surface area is 161 Å². The number of benzene rings is 2. The summed E-state index contributed by atoms with van der Waals surface area (Å²) in [5, 5.41) is 11.2. The molecule has 4 rings (SSSR count). The molecule has 0 spiro atoms. The summed E-state index contributed by atoms with van der Waals surface area (Å²) >= 11 is 6.00. The number of nitrogens with zero attached hydrogens (tertiary/aromatic N) is 1. The Balaban J connectivity index is 2.00. The summed E-state index contributed by atoms with van der Waals surface area (Å²) in [5.41, 5.74) is 1.77. The van der Waals surface area contributed by atoms with Gasteiger partial charge in [0.2, 0.25) is 5.78 Å². The predicted octanol–water partition coefficient (Wildman–Crippen LogP) is 4.31. The zero-order chi connectivity index (χ0) is 19.0. The number of ketones is 1. The topological polar surface area (TPSA) is 59.3 Å². The Morgan fingerprint density at radius 1 is 1.00 bits per heavy atom. The third-order valence-electron chi connectivity index (χ3n) is 4.98. The monoisotopic (exact) mass is 379 g/mol. The summed E-state index contributed by atoms with van der Waals surface area (Å²) in [6.45, 7) is 0. The van der Waals surface area contributed by atoms with Crippen LogP contribution >= 0.6 is 11.6 Å². The van der Waals surface area contributed by atoms with E-state index in [1.807, 2.05) is 30.3 Å². The molecule has 0 saturated carbocycles. The van der Waals surface area contributed by atoms with Crippen molar-refractivity contribution in [2.45, 2.75) is 25.7 Å². The van der Waals surface area contributed by atoms with Crippen LogP contribution in [0.5, 0.6) is 5.75 Å². The van der Waals surface area contributed by atoms with Crippen molar-refractivity contribution >= 4 is 17.4 Å². The average Bonchev–Trinajstić information content (AvgIpc) is 2.69. The number of rotatable bonds is 3. The van der Waals surface area contributed by atoms with Crippen molar-refractivity contribution in [3.8, 4) is 11.4 Å². The van der Waals surface area contributed by atoms with Crippen LogP contribution in [0.4, 0.5) is 0 Å². The van der Waals surface area contributed by atoms with E-state index in [4.69, 9.17) is 11.6 Å². The van der Waals surface area contributed by atoms with Crippen LogP contribution < -0.4 is 5.56 Å². The molecular formula is C22H18ClNO3. The maximum atomic E-state index is 13.3. The van der Waals surface area contributed by atoms with Crippen molar-refractivity contribution in [3.63, 3.8) is 0 Å². The molecule has 1 aromatic heterocycles. The molecule has 1 aliphatic carbocycles. The van der Waals surface area contributed by atoms with E-state index >= 15 is 0 Å². The quantitative estimate of drug-likeness (QED) is 0.690. The Morgan fingerprint density at radius 2 is 1.74 bits per heavy atom. The Bertz CT molecular complexity index is 1090. The first-order chi connectivity index (χ1) is 13.1. The number of halogens is 1. The number of hydrogen-bond acceptors (Lipinski definition) is 3. The Morgan fingerprint density at radius 3 is 2.48 bits per heavy atom. The van der Waals surface area contributed by atoms with Gasteiger partial charge in [0.05, 0.1) is 0 Å². The molecule has 0 aliphatic heterocycles. The number of aromatic nitrogens is 1. The zero-order valence-electron chi connectivity index (χ0n) is 14.6. The van der Waals surface area contributed by atoms with E-state index in [1.165, 1.54) is 6.07 Å². The van der Waals surface area contributed by atoms with Gasteiger partial charge in [-0.2, -0.15) is 0 Å². The van der Waals surface area contributed by atoms with Crippen LogP contribution in [0, 0.1) is 0 Å². The smallest absolute Gasteiger partial charge is 0.270 e. The molecule has 1 heterocycles. The second-order valence-electron chi connectivity index (χ2n) is 6.67. The second-order valence-corrected chi connectivity index (χ2v) is 7.11. The lowest BCUT2D eigenvalue weighted by atomic mass is 9.91. The maximum Gasteiger partial charge on any atom is 0.270 e. The first-order valence-electron chi connectivity index (χ1n) is 8.93. The molecule has 4 nitrogen and oxygen atoms in total. The zero-order valence-corrected chi connectivity index (χ0v) is 15.4. The summed E-state index contributed by atoms with van der Waals surface area (Å²) in [6.07, 6.45) is 3.20. The molecule has 0 radical (unpaired) electrons. The van der Waals surface area contributed by atoms with E-state index in [9.17, 15) is 14.7 Å². The standard InChI is InChI=1S/C22H18ClNO3/c23-15-8-6-7-14(13-15)20(25)19-21(26)17-11-4-5-12-18(17)24(22(19)27)16-9-2-1-3-10-16/h1-3,6-10,13,26H,4-5,11-12H2. The summed E-state index contributed by atoms with van der Waals surface area (Å²) in [6, 6.07) is 15.7. The minimum atomic E-state index is -0.516. The lowest BCUT2D eigenvalue weighted by molar-refractivity contribution is 0.103. The van der Waals surface area contributed by atoms with Crippen LogP contribution in [0.15, 0.2) is 59.4 Å². The number of carbonyl (C=O) groups excluding carboxylic acids is 1. The minimum Gasteiger partial charge on any atom is -0.507 e. The third kappa shape index (κ3) is 3.06. The maximum absolute atomic E-state index is 13.3. The van der Waals surface area contributed by atoms with Gasteiger partial charge in [-0.15, -0.1) is 0 Å². The first-order valence-corrected chi connectivity index (χ1v) is 9.31. The van der Waals surface area contributed by atoms with Crippen LogP contribution in [0.3, 0.4) is 0 Å². The largest absolute Gasteiger partial charge is 0.507 e. The molecule has 1 aliphatic rings. The van der Waals surface area contributed by atoms with Crippen LogP contribution in [-0.2, 0) is 12.8 Å². The summed E-state index contributed by atoms with van der Waals surface area (Å²) in [5.74, 6) is -0.704. The normalized spacial score (nSPS) is 13.2. The van der Waals surface area contributed by atoms with Crippen LogP contribution in [0.1, 0.15) is 40.0 Å². The Kier molecular flexibility index (Phi) is 4.58. The van der Waals surface area contributed by atoms with Crippen molar-refractivity contribution in [2.24, 2.45) is 0 Å². The van der Waals surface area contributed by atoms with E-state index < -0.39 is 11.3 Å². The van der Waals surface area contributed by atoms with Gasteiger partial charge in [0, 0.05) is 27.5 Å². The number of hydrogen-bond donors (Lipinski definition) is 1. The van der Waals surface area contributed by atoms with Gasteiger partial charge < -0.3 is 5.11 Å². The number of pyridine rings is 1. The van der Waals surface area contributed by atoms with Gasteiger partial charge in [-0.3, -0.25) is 14.2 Å². The van der Waals surface area contributed by atoms with E-state index in [0.29, 0.717) is 29.1 Å². The first kappa shape index (κ1) is 17.6. The molecule has 0 fully saturated rings. The SMILES string of the molecule is O=C(c1cccc(Cl)c1)c1c(O)c2c(n(-c3ccccc3)c1=O)CCCC2. The van der Waals surface area contributed by atoms with Crippen LogP contribution in [0.2, 0.25) is 5.02 Å². The van der Waals surface area contributed by atoms with Crippen molar-refractivity contribution in [1.29, 1.82) is 0 Å². The molecule has 0 unspecified atom stereocenters. The van der Waals surface area contributed by atoms with Gasteiger partial charge >= 0.3 is 0 Å². The summed E-state index contributed by atoms with van der Waals surface area (Å²) in [7, 11) is 0. The van der Waals surface area contributed by atoms with Gasteiger partial charge in [0.25, 0.3) is 5.56 Å². The van der Waals surface area contributed by atoms with Crippen molar-refractivity contribution in [2.75, 3.05) is 0 Å². The molecule has 0 amide bonds. The fourth-order valence-electron chi connectivity index (χ4n) is 3.71. The highest BCUT2D eigenvalue weighted by molar-refractivity contribution is 6.31. The van der Waals surface area contributed by atoms with Crippen molar-refractivity contribution in [3.05, 3.63) is 92.4 Å². The van der Waals surface area contributed by atoms with Gasteiger partial charge in [0.1, 0.15) is 11.3 Å². The highest BCUT2D eigenvalue weighted by atomic mass is 35.5. The molecule has 2 aromatic carbocycles. The predicted molar refractivity (Wildman–Crippen MR) is 105 cm³/mol. The number of aromatic hydroxyl groups is 1. The van der Waals surface area contributed by atoms with Crippen LogP contribution in [-0.4, -0.2) is 15.5 Å². The van der Waals surface area contributed by atoms with Gasteiger partial charge in [-0.1, -0.05) is 41.9 Å². The van der Waals surface area contributed by atoms with Gasteiger partial charge in [-0.05, 0) is 49.9 Å². The molecule has 5 heteroatoms. The molecule has 3 aromatic rings. The lowest BCUT2D eigenvalue weighted by Crippen LogP contribution is -2.31. The number of fused-ring (bicyclic) bond motifs is 1. The van der Waals surface area contributed by atoms with Gasteiger partial charge in [0.15, 0.2) is 0 Å². The molecule has 136 valence electrons. The van der Waals surface area contributed by atoms with E-state index in [-0.39, 0.29) is 16.9 Å². The third-order valence-corrected chi connectivity index (χ3v) is 5.21. The highest BCUT2D eigenvalue weighted by Crippen LogP contribution is 2.32. The van der Waals surface area contributed by atoms with E-state index in [2.05, 4.69) is 0 Å². The minimum absolute atomic E-state index is 0.188. The lowest BCUT2D eigenvalue weighted by Gasteiger charge is -2.23. The molecule has 27 heavy (non-hydrogen) atoms.